The molecule has 0 spiro atoms. The van der Waals surface area contributed by atoms with Crippen LogP contribution in [-0.2, 0) is 16.1 Å². The number of nitrogens with zero attached hydrogens (tertiary/aromatic N) is 4. The molecule has 3 aliphatic rings. The van der Waals surface area contributed by atoms with Crippen LogP contribution < -0.4 is 0 Å². The third-order valence-corrected chi connectivity index (χ3v) is 5.26. The molecule has 2 aliphatic heterocycles. The molecule has 1 aliphatic carbocycles. The van der Waals surface area contributed by atoms with E-state index in [1.54, 1.807) is 15.8 Å². The Morgan fingerprint density at radius 2 is 2.00 bits per heavy atom. The number of halogens is 2. The standard InChI is InChI=1S/C16H20F2N4O2/c17-16(18)9-21(10-16)14(23)6-13-8-20(15(24)11-2-1-3-11)7-12-4-5-19-22(12)13/h4-5,11,13H,1-3,6-10H2. The van der Waals surface area contributed by atoms with Crippen LogP contribution in [0.15, 0.2) is 12.3 Å². The summed E-state index contributed by atoms with van der Waals surface area (Å²) in [5.74, 6) is -2.82. The van der Waals surface area contributed by atoms with E-state index >= 15 is 0 Å². The lowest BCUT2D eigenvalue weighted by atomic mass is 9.84. The second-order valence-electron chi connectivity index (χ2n) is 7.08. The maximum Gasteiger partial charge on any atom is 0.282 e. The van der Waals surface area contributed by atoms with Crippen LogP contribution in [0.25, 0.3) is 0 Å². The second-order valence-corrected chi connectivity index (χ2v) is 7.08. The summed E-state index contributed by atoms with van der Waals surface area (Å²) >= 11 is 0. The van der Waals surface area contributed by atoms with Crippen molar-refractivity contribution in [2.24, 2.45) is 5.92 Å². The number of rotatable bonds is 3. The van der Waals surface area contributed by atoms with Gasteiger partial charge in [-0.15, -0.1) is 0 Å². The van der Waals surface area contributed by atoms with E-state index in [1.165, 1.54) is 4.90 Å². The molecule has 0 radical (unpaired) electrons. The molecular formula is C16H20F2N4O2. The number of amides is 2. The lowest BCUT2D eigenvalue weighted by Gasteiger charge is -2.41. The number of carbonyl (C=O) groups excluding carboxylic acids is 2. The monoisotopic (exact) mass is 338 g/mol. The first kappa shape index (κ1) is 15.5. The predicted molar refractivity (Wildman–Crippen MR) is 80.2 cm³/mol. The molecule has 24 heavy (non-hydrogen) atoms. The predicted octanol–water partition coefficient (Wildman–Crippen LogP) is 1.43. The molecule has 0 N–H and O–H groups in total. The summed E-state index contributed by atoms with van der Waals surface area (Å²) in [6.45, 7) is -0.0910. The first-order chi connectivity index (χ1) is 11.4. The van der Waals surface area contributed by atoms with Crippen molar-refractivity contribution in [3.63, 3.8) is 0 Å². The Balaban J connectivity index is 1.45. The highest BCUT2D eigenvalue weighted by Gasteiger charge is 2.46. The quantitative estimate of drug-likeness (QED) is 0.838. The summed E-state index contributed by atoms with van der Waals surface area (Å²) in [7, 11) is 0. The molecule has 0 aromatic carbocycles. The fourth-order valence-electron chi connectivity index (χ4n) is 3.64. The highest BCUT2D eigenvalue weighted by atomic mass is 19.3. The number of hydrogen-bond acceptors (Lipinski definition) is 3. The van der Waals surface area contributed by atoms with Crippen LogP contribution in [0.1, 0.15) is 37.4 Å². The minimum Gasteiger partial charge on any atom is -0.334 e. The molecule has 2 fully saturated rings. The van der Waals surface area contributed by atoms with E-state index in [4.69, 9.17) is 0 Å². The van der Waals surface area contributed by atoms with Crippen LogP contribution in [0.3, 0.4) is 0 Å². The van der Waals surface area contributed by atoms with Gasteiger partial charge in [-0.3, -0.25) is 14.3 Å². The first-order valence-electron chi connectivity index (χ1n) is 8.40. The molecule has 1 aromatic rings. The van der Waals surface area contributed by atoms with Crippen molar-refractivity contribution in [3.05, 3.63) is 18.0 Å². The molecule has 1 aromatic heterocycles. The summed E-state index contributed by atoms with van der Waals surface area (Å²) in [5.41, 5.74) is 0.890. The Hall–Kier alpha value is -1.99. The highest BCUT2D eigenvalue weighted by Crippen LogP contribution is 2.33. The Morgan fingerprint density at radius 3 is 2.62 bits per heavy atom. The molecule has 8 heteroatoms. The molecule has 130 valence electrons. The lowest BCUT2D eigenvalue weighted by Crippen LogP contribution is -2.59. The molecule has 1 atom stereocenters. The number of aromatic nitrogens is 2. The van der Waals surface area contributed by atoms with E-state index in [0.29, 0.717) is 13.1 Å². The zero-order chi connectivity index (χ0) is 16.9. The third kappa shape index (κ3) is 2.67. The van der Waals surface area contributed by atoms with E-state index < -0.39 is 19.0 Å². The zero-order valence-corrected chi connectivity index (χ0v) is 13.3. The Kier molecular flexibility index (Phi) is 3.58. The van der Waals surface area contributed by atoms with Crippen molar-refractivity contribution in [1.82, 2.24) is 19.6 Å². The fourth-order valence-corrected chi connectivity index (χ4v) is 3.64. The average Bonchev–Trinajstić information content (AvgIpc) is 2.91. The summed E-state index contributed by atoms with van der Waals surface area (Å²) < 4.78 is 27.7. The van der Waals surface area contributed by atoms with Crippen molar-refractivity contribution in [3.8, 4) is 0 Å². The van der Waals surface area contributed by atoms with E-state index in [2.05, 4.69) is 5.10 Å². The number of likely N-dealkylation sites (tertiary alicyclic amines) is 1. The molecule has 1 saturated heterocycles. The van der Waals surface area contributed by atoms with E-state index in [0.717, 1.165) is 25.0 Å². The van der Waals surface area contributed by atoms with Crippen LogP contribution in [-0.4, -0.2) is 57.0 Å². The Bertz CT molecular complexity index is 663. The van der Waals surface area contributed by atoms with Gasteiger partial charge < -0.3 is 9.80 Å². The van der Waals surface area contributed by atoms with Crippen molar-refractivity contribution in [2.75, 3.05) is 19.6 Å². The molecule has 1 unspecified atom stereocenters. The highest BCUT2D eigenvalue weighted by molar-refractivity contribution is 5.80. The smallest absolute Gasteiger partial charge is 0.282 e. The maximum absolute atomic E-state index is 13.0. The zero-order valence-electron chi connectivity index (χ0n) is 13.3. The molecule has 0 bridgehead atoms. The van der Waals surface area contributed by atoms with Gasteiger partial charge in [0.2, 0.25) is 11.8 Å². The van der Waals surface area contributed by atoms with Crippen molar-refractivity contribution < 1.29 is 18.4 Å². The van der Waals surface area contributed by atoms with Crippen LogP contribution in [0.2, 0.25) is 0 Å². The normalized spacial score (nSPS) is 25.7. The Morgan fingerprint density at radius 1 is 1.25 bits per heavy atom. The van der Waals surface area contributed by atoms with Gasteiger partial charge in [-0.25, -0.2) is 8.78 Å². The summed E-state index contributed by atoms with van der Waals surface area (Å²) in [6.07, 6.45) is 4.70. The summed E-state index contributed by atoms with van der Waals surface area (Å²) in [4.78, 5) is 27.7. The second kappa shape index (κ2) is 5.53. The number of hydrogen-bond donors (Lipinski definition) is 0. The molecule has 2 amide bonds. The van der Waals surface area contributed by atoms with E-state index in [9.17, 15) is 18.4 Å². The topological polar surface area (TPSA) is 58.4 Å². The lowest BCUT2D eigenvalue weighted by molar-refractivity contribution is -0.167. The Labute approximate surface area is 138 Å². The van der Waals surface area contributed by atoms with Gasteiger partial charge in [-0.05, 0) is 18.9 Å². The molecule has 1 saturated carbocycles. The van der Waals surface area contributed by atoms with Gasteiger partial charge in [0, 0.05) is 18.7 Å². The van der Waals surface area contributed by atoms with E-state index in [1.807, 2.05) is 6.07 Å². The molecular weight excluding hydrogens is 318 g/mol. The van der Waals surface area contributed by atoms with Gasteiger partial charge in [0.15, 0.2) is 0 Å². The summed E-state index contributed by atoms with van der Waals surface area (Å²) in [5, 5.41) is 4.26. The van der Waals surface area contributed by atoms with Gasteiger partial charge in [0.05, 0.1) is 37.8 Å². The fraction of sp³-hybridized carbons (Fsp3) is 0.688. The average molecular weight is 338 g/mol. The van der Waals surface area contributed by atoms with Crippen molar-refractivity contribution in [2.45, 2.75) is 44.2 Å². The molecule has 4 rings (SSSR count). The van der Waals surface area contributed by atoms with Crippen molar-refractivity contribution in [1.29, 1.82) is 0 Å². The van der Waals surface area contributed by atoms with Gasteiger partial charge >= 0.3 is 0 Å². The largest absolute Gasteiger partial charge is 0.334 e. The number of alkyl halides is 2. The van der Waals surface area contributed by atoms with Gasteiger partial charge in [-0.2, -0.15) is 5.10 Å². The van der Waals surface area contributed by atoms with Crippen molar-refractivity contribution >= 4 is 11.8 Å². The maximum atomic E-state index is 13.0. The number of fused-ring (bicyclic) bond motifs is 1. The van der Waals surface area contributed by atoms with Crippen LogP contribution in [0, 0.1) is 5.92 Å². The molecule has 3 heterocycles. The molecule has 6 nitrogen and oxygen atoms in total. The minimum atomic E-state index is -2.76. The third-order valence-electron chi connectivity index (χ3n) is 5.26. The number of carbonyl (C=O) groups is 2. The van der Waals surface area contributed by atoms with Gasteiger partial charge in [-0.1, -0.05) is 6.42 Å². The van der Waals surface area contributed by atoms with Gasteiger partial charge in [0.25, 0.3) is 5.92 Å². The van der Waals surface area contributed by atoms with Gasteiger partial charge in [0.1, 0.15) is 0 Å². The first-order valence-corrected chi connectivity index (χ1v) is 8.40. The van der Waals surface area contributed by atoms with Crippen LogP contribution >= 0.6 is 0 Å². The van der Waals surface area contributed by atoms with Crippen LogP contribution in [0.4, 0.5) is 8.78 Å². The van der Waals surface area contributed by atoms with Crippen LogP contribution in [0.5, 0.6) is 0 Å². The summed E-state index contributed by atoms with van der Waals surface area (Å²) in [6, 6.07) is 1.56. The van der Waals surface area contributed by atoms with E-state index in [-0.39, 0.29) is 30.2 Å². The minimum absolute atomic E-state index is 0.0964. The SMILES string of the molecule is O=C(CC1CN(C(=O)C2CCC2)Cc2ccnn21)N1CC(F)(F)C1.